The highest BCUT2D eigenvalue weighted by atomic mass is 16.1. The lowest BCUT2D eigenvalue weighted by Crippen LogP contribution is -2.20. The van der Waals surface area contributed by atoms with Gasteiger partial charge in [-0.1, -0.05) is 18.4 Å². The molecule has 0 aliphatic heterocycles. The van der Waals surface area contributed by atoms with Gasteiger partial charge in [-0.25, -0.2) is 0 Å². The number of carbonyl (C=O) groups is 1. The van der Waals surface area contributed by atoms with Gasteiger partial charge in [0.1, 0.15) is 0 Å². The summed E-state index contributed by atoms with van der Waals surface area (Å²) in [4.78, 5) is 11.7. The quantitative estimate of drug-likeness (QED) is 0.768. The fourth-order valence-corrected chi connectivity index (χ4v) is 1.86. The van der Waals surface area contributed by atoms with Crippen molar-refractivity contribution in [2.45, 2.75) is 25.7 Å². The van der Waals surface area contributed by atoms with Crippen LogP contribution in [0, 0.1) is 18.3 Å². The van der Waals surface area contributed by atoms with Crippen LogP contribution in [0.15, 0.2) is 24.3 Å². The van der Waals surface area contributed by atoms with E-state index in [4.69, 9.17) is 6.42 Å². The van der Waals surface area contributed by atoms with E-state index in [9.17, 15) is 4.79 Å². The van der Waals surface area contributed by atoms with E-state index in [2.05, 4.69) is 11.2 Å². The van der Waals surface area contributed by atoms with E-state index in [0.29, 0.717) is 12.3 Å². The number of hydrogen-bond donors (Lipinski definition) is 1. The van der Waals surface area contributed by atoms with Crippen molar-refractivity contribution in [3.05, 3.63) is 29.8 Å². The van der Waals surface area contributed by atoms with Gasteiger partial charge in [0.15, 0.2) is 0 Å². The summed E-state index contributed by atoms with van der Waals surface area (Å²) in [6.45, 7) is 0. The van der Waals surface area contributed by atoms with E-state index >= 15 is 0 Å². The standard InChI is InChI=1S/C14H15NO/c1-2-11-5-4-8-13(9-11)15-14(16)10-12-6-3-7-12/h1,4-5,8-9,12H,3,6-7,10H2,(H,15,16). The van der Waals surface area contributed by atoms with Gasteiger partial charge in [-0.15, -0.1) is 6.42 Å². The largest absolute Gasteiger partial charge is 0.326 e. The van der Waals surface area contributed by atoms with Crippen LogP contribution in [0.4, 0.5) is 5.69 Å². The molecule has 2 heteroatoms. The maximum Gasteiger partial charge on any atom is 0.224 e. The number of amides is 1. The molecule has 0 heterocycles. The molecule has 0 atom stereocenters. The zero-order valence-electron chi connectivity index (χ0n) is 9.20. The maximum atomic E-state index is 11.7. The highest BCUT2D eigenvalue weighted by Gasteiger charge is 2.20. The molecule has 1 aliphatic rings. The van der Waals surface area contributed by atoms with Crippen LogP contribution in [0.3, 0.4) is 0 Å². The third-order valence-electron chi connectivity index (χ3n) is 3.01. The molecule has 2 nitrogen and oxygen atoms in total. The number of rotatable bonds is 3. The van der Waals surface area contributed by atoms with Gasteiger partial charge in [-0.05, 0) is 37.0 Å². The van der Waals surface area contributed by atoms with Gasteiger partial charge in [0.2, 0.25) is 5.91 Å². The van der Waals surface area contributed by atoms with Crippen molar-refractivity contribution in [2.75, 3.05) is 5.32 Å². The summed E-state index contributed by atoms with van der Waals surface area (Å²) in [5.41, 5.74) is 1.58. The predicted octanol–water partition coefficient (Wildman–Crippen LogP) is 2.80. The number of benzene rings is 1. The molecule has 1 aromatic rings. The molecule has 1 aromatic carbocycles. The second-order valence-electron chi connectivity index (χ2n) is 4.27. The second-order valence-corrected chi connectivity index (χ2v) is 4.27. The third kappa shape index (κ3) is 2.64. The SMILES string of the molecule is C#Cc1cccc(NC(=O)CC2CCC2)c1. The molecule has 1 saturated carbocycles. The third-order valence-corrected chi connectivity index (χ3v) is 3.01. The van der Waals surface area contributed by atoms with Gasteiger partial charge < -0.3 is 5.32 Å². The minimum atomic E-state index is 0.0962. The molecule has 0 aromatic heterocycles. The molecular formula is C14H15NO. The Morgan fingerprint density at radius 2 is 2.31 bits per heavy atom. The first-order valence-corrected chi connectivity index (χ1v) is 5.64. The zero-order chi connectivity index (χ0) is 11.4. The van der Waals surface area contributed by atoms with Crippen LogP contribution < -0.4 is 5.32 Å². The van der Waals surface area contributed by atoms with E-state index in [0.717, 1.165) is 11.3 Å². The van der Waals surface area contributed by atoms with Crippen molar-refractivity contribution in [3.63, 3.8) is 0 Å². The minimum absolute atomic E-state index is 0.0962. The first kappa shape index (κ1) is 10.8. The first-order chi connectivity index (χ1) is 7.78. The monoisotopic (exact) mass is 213 g/mol. The Morgan fingerprint density at radius 1 is 1.50 bits per heavy atom. The number of carbonyl (C=O) groups excluding carboxylic acids is 1. The van der Waals surface area contributed by atoms with Gasteiger partial charge in [-0.3, -0.25) is 4.79 Å². The summed E-state index contributed by atoms with van der Waals surface area (Å²) in [7, 11) is 0. The number of anilines is 1. The Bertz CT molecular complexity index is 427. The van der Waals surface area contributed by atoms with Crippen molar-refractivity contribution in [2.24, 2.45) is 5.92 Å². The van der Waals surface area contributed by atoms with Crippen molar-refractivity contribution < 1.29 is 4.79 Å². The van der Waals surface area contributed by atoms with Crippen LogP contribution in [0.1, 0.15) is 31.2 Å². The minimum Gasteiger partial charge on any atom is -0.326 e. The lowest BCUT2D eigenvalue weighted by atomic mass is 9.83. The lowest BCUT2D eigenvalue weighted by molar-refractivity contribution is -0.117. The average molecular weight is 213 g/mol. The molecule has 1 aliphatic carbocycles. The smallest absolute Gasteiger partial charge is 0.224 e. The second kappa shape index (κ2) is 4.85. The summed E-state index contributed by atoms with van der Waals surface area (Å²) in [6, 6.07) is 7.38. The predicted molar refractivity (Wildman–Crippen MR) is 65.0 cm³/mol. The van der Waals surface area contributed by atoms with Crippen LogP contribution in [-0.4, -0.2) is 5.91 Å². The summed E-state index contributed by atoms with van der Waals surface area (Å²) in [6.07, 6.45) is 9.59. The van der Waals surface area contributed by atoms with Gasteiger partial charge in [-0.2, -0.15) is 0 Å². The van der Waals surface area contributed by atoms with E-state index in [1.54, 1.807) is 0 Å². The van der Waals surface area contributed by atoms with Gasteiger partial charge in [0.05, 0.1) is 0 Å². The highest BCUT2D eigenvalue weighted by molar-refractivity contribution is 5.91. The fraction of sp³-hybridized carbons (Fsp3) is 0.357. The molecule has 2 rings (SSSR count). The van der Waals surface area contributed by atoms with E-state index in [1.807, 2.05) is 24.3 Å². The van der Waals surface area contributed by atoms with Crippen molar-refractivity contribution in [1.82, 2.24) is 0 Å². The molecule has 82 valence electrons. The Morgan fingerprint density at radius 3 is 2.94 bits per heavy atom. The topological polar surface area (TPSA) is 29.1 Å². The van der Waals surface area contributed by atoms with E-state index in [-0.39, 0.29) is 5.91 Å². The molecule has 1 amide bonds. The molecule has 0 unspecified atom stereocenters. The molecule has 0 bridgehead atoms. The van der Waals surface area contributed by atoms with Crippen molar-refractivity contribution in [1.29, 1.82) is 0 Å². The summed E-state index contributed by atoms with van der Waals surface area (Å²) in [5.74, 6) is 3.24. The average Bonchev–Trinajstić information content (AvgIpc) is 2.24. The van der Waals surface area contributed by atoms with Crippen molar-refractivity contribution in [3.8, 4) is 12.3 Å². The summed E-state index contributed by atoms with van der Waals surface area (Å²) in [5, 5.41) is 2.88. The summed E-state index contributed by atoms with van der Waals surface area (Å²) >= 11 is 0. The zero-order valence-corrected chi connectivity index (χ0v) is 9.20. The normalized spacial score (nSPS) is 14.9. The van der Waals surface area contributed by atoms with Crippen LogP contribution in [0.2, 0.25) is 0 Å². The number of nitrogens with one attached hydrogen (secondary N) is 1. The summed E-state index contributed by atoms with van der Waals surface area (Å²) < 4.78 is 0. The fourth-order valence-electron chi connectivity index (χ4n) is 1.86. The molecule has 1 N–H and O–H groups in total. The Kier molecular flexibility index (Phi) is 3.26. The van der Waals surface area contributed by atoms with E-state index in [1.165, 1.54) is 19.3 Å². The number of terminal acetylenes is 1. The van der Waals surface area contributed by atoms with E-state index < -0.39 is 0 Å². The van der Waals surface area contributed by atoms with Gasteiger partial charge in [0.25, 0.3) is 0 Å². The van der Waals surface area contributed by atoms with Crippen LogP contribution >= 0.6 is 0 Å². The lowest BCUT2D eigenvalue weighted by Gasteiger charge is -2.24. The maximum absolute atomic E-state index is 11.7. The molecule has 0 spiro atoms. The van der Waals surface area contributed by atoms with Gasteiger partial charge in [0, 0.05) is 17.7 Å². The van der Waals surface area contributed by atoms with Crippen LogP contribution in [0.5, 0.6) is 0 Å². The Hall–Kier alpha value is -1.75. The molecule has 0 radical (unpaired) electrons. The van der Waals surface area contributed by atoms with Crippen LogP contribution in [-0.2, 0) is 4.79 Å². The Balaban J connectivity index is 1.92. The molecular weight excluding hydrogens is 198 g/mol. The van der Waals surface area contributed by atoms with Crippen molar-refractivity contribution >= 4 is 11.6 Å². The highest BCUT2D eigenvalue weighted by Crippen LogP contribution is 2.29. The van der Waals surface area contributed by atoms with Crippen LogP contribution in [0.25, 0.3) is 0 Å². The Labute approximate surface area is 96.1 Å². The first-order valence-electron chi connectivity index (χ1n) is 5.64. The number of hydrogen-bond acceptors (Lipinski definition) is 1. The molecule has 1 fully saturated rings. The molecule has 0 saturated heterocycles. The van der Waals surface area contributed by atoms with Gasteiger partial charge >= 0.3 is 0 Å². The molecule has 16 heavy (non-hydrogen) atoms.